The molecule has 3 rings (SSSR count). The Balaban J connectivity index is 1.86. The Morgan fingerprint density at radius 2 is 2.00 bits per heavy atom. The van der Waals surface area contributed by atoms with Crippen molar-refractivity contribution >= 4 is 11.9 Å². The van der Waals surface area contributed by atoms with Crippen LogP contribution in [0.2, 0.25) is 0 Å². The van der Waals surface area contributed by atoms with E-state index in [9.17, 15) is 4.79 Å². The SMILES string of the molecule is Cc1cc(C(=O)O)nc(N2C[C@H]3CCC[C@H]3C2)n1. The van der Waals surface area contributed by atoms with Crippen molar-refractivity contribution in [2.45, 2.75) is 26.2 Å². The summed E-state index contributed by atoms with van der Waals surface area (Å²) >= 11 is 0. The van der Waals surface area contributed by atoms with E-state index in [4.69, 9.17) is 5.11 Å². The van der Waals surface area contributed by atoms with Crippen LogP contribution in [-0.2, 0) is 0 Å². The predicted molar refractivity (Wildman–Crippen MR) is 66.8 cm³/mol. The van der Waals surface area contributed by atoms with Crippen molar-refractivity contribution in [3.8, 4) is 0 Å². The van der Waals surface area contributed by atoms with Crippen LogP contribution in [0.3, 0.4) is 0 Å². The van der Waals surface area contributed by atoms with E-state index >= 15 is 0 Å². The molecule has 0 amide bonds. The highest BCUT2D eigenvalue weighted by atomic mass is 16.4. The molecule has 1 saturated heterocycles. The van der Waals surface area contributed by atoms with Crippen LogP contribution in [0.5, 0.6) is 0 Å². The summed E-state index contributed by atoms with van der Waals surface area (Å²) < 4.78 is 0. The number of aromatic nitrogens is 2. The molecular weight excluding hydrogens is 230 g/mol. The third kappa shape index (κ3) is 1.94. The number of carbonyl (C=O) groups is 1. The second kappa shape index (κ2) is 4.23. The molecule has 0 aromatic carbocycles. The van der Waals surface area contributed by atoms with Gasteiger partial charge in [-0.15, -0.1) is 0 Å². The lowest BCUT2D eigenvalue weighted by molar-refractivity contribution is 0.0690. The molecular formula is C13H17N3O2. The van der Waals surface area contributed by atoms with Crippen molar-refractivity contribution in [2.24, 2.45) is 11.8 Å². The minimum Gasteiger partial charge on any atom is -0.477 e. The number of carboxylic acid groups (broad SMARTS) is 1. The van der Waals surface area contributed by atoms with E-state index in [1.165, 1.54) is 25.3 Å². The van der Waals surface area contributed by atoms with Crippen LogP contribution in [-0.4, -0.2) is 34.1 Å². The van der Waals surface area contributed by atoms with Gasteiger partial charge in [0.25, 0.3) is 0 Å². The van der Waals surface area contributed by atoms with E-state index in [1.807, 2.05) is 6.92 Å². The maximum atomic E-state index is 11.0. The van der Waals surface area contributed by atoms with E-state index in [0.717, 1.165) is 30.6 Å². The molecule has 5 heteroatoms. The van der Waals surface area contributed by atoms with Crippen molar-refractivity contribution in [3.63, 3.8) is 0 Å². The number of hydrogen-bond donors (Lipinski definition) is 1. The summed E-state index contributed by atoms with van der Waals surface area (Å²) in [5.41, 5.74) is 0.809. The monoisotopic (exact) mass is 247 g/mol. The van der Waals surface area contributed by atoms with E-state index < -0.39 is 5.97 Å². The highest BCUT2D eigenvalue weighted by Gasteiger charge is 2.37. The Morgan fingerprint density at radius 3 is 2.61 bits per heavy atom. The summed E-state index contributed by atoms with van der Waals surface area (Å²) in [6.45, 7) is 3.77. The number of hydrogen-bond acceptors (Lipinski definition) is 4. The van der Waals surface area contributed by atoms with Gasteiger partial charge in [-0.25, -0.2) is 14.8 Å². The molecule has 1 N–H and O–H groups in total. The van der Waals surface area contributed by atoms with E-state index in [-0.39, 0.29) is 5.69 Å². The molecule has 5 nitrogen and oxygen atoms in total. The van der Waals surface area contributed by atoms with E-state index in [2.05, 4.69) is 14.9 Å². The Labute approximate surface area is 106 Å². The number of fused-ring (bicyclic) bond motifs is 1. The van der Waals surface area contributed by atoms with Crippen molar-refractivity contribution in [1.82, 2.24) is 9.97 Å². The van der Waals surface area contributed by atoms with E-state index in [0.29, 0.717) is 5.95 Å². The molecule has 1 aliphatic carbocycles. The Morgan fingerprint density at radius 1 is 1.33 bits per heavy atom. The lowest BCUT2D eigenvalue weighted by Crippen LogP contribution is -2.24. The number of nitrogens with zero attached hydrogens (tertiary/aromatic N) is 3. The summed E-state index contributed by atoms with van der Waals surface area (Å²) in [6, 6.07) is 1.52. The Kier molecular flexibility index (Phi) is 2.69. The van der Waals surface area contributed by atoms with Gasteiger partial charge in [0.05, 0.1) is 0 Å². The highest BCUT2D eigenvalue weighted by Crippen LogP contribution is 2.38. The van der Waals surface area contributed by atoms with Gasteiger partial charge >= 0.3 is 5.97 Å². The topological polar surface area (TPSA) is 66.3 Å². The van der Waals surface area contributed by atoms with Crippen LogP contribution in [0.15, 0.2) is 6.07 Å². The van der Waals surface area contributed by atoms with Gasteiger partial charge in [0.1, 0.15) is 0 Å². The average molecular weight is 247 g/mol. The second-order valence-corrected chi connectivity index (χ2v) is 5.36. The minimum absolute atomic E-state index is 0.0922. The molecule has 2 heterocycles. The van der Waals surface area contributed by atoms with Crippen LogP contribution in [0, 0.1) is 18.8 Å². The standard InChI is InChI=1S/C13H17N3O2/c1-8-5-11(12(17)18)15-13(14-8)16-6-9-3-2-4-10(9)7-16/h5,9-10H,2-4,6-7H2,1H3,(H,17,18)/t9-,10+. The molecule has 18 heavy (non-hydrogen) atoms. The van der Waals surface area contributed by atoms with Crippen LogP contribution < -0.4 is 4.90 Å². The first-order valence-electron chi connectivity index (χ1n) is 6.47. The van der Waals surface area contributed by atoms with Gasteiger partial charge in [0.2, 0.25) is 5.95 Å². The zero-order valence-corrected chi connectivity index (χ0v) is 10.5. The van der Waals surface area contributed by atoms with Crippen molar-refractivity contribution in [3.05, 3.63) is 17.5 Å². The van der Waals surface area contributed by atoms with E-state index in [1.54, 1.807) is 0 Å². The first kappa shape index (κ1) is 11.4. The minimum atomic E-state index is -0.985. The van der Waals surface area contributed by atoms with Crippen molar-refractivity contribution in [2.75, 3.05) is 18.0 Å². The molecule has 2 fully saturated rings. The summed E-state index contributed by atoms with van der Waals surface area (Å²) in [7, 11) is 0. The number of rotatable bonds is 2. The van der Waals surface area contributed by atoms with Crippen molar-refractivity contribution in [1.29, 1.82) is 0 Å². The number of carboxylic acids is 1. The quantitative estimate of drug-likeness (QED) is 0.862. The van der Waals surface area contributed by atoms with Crippen LogP contribution >= 0.6 is 0 Å². The molecule has 1 aromatic heterocycles. The second-order valence-electron chi connectivity index (χ2n) is 5.36. The van der Waals surface area contributed by atoms with Gasteiger partial charge in [-0.05, 0) is 37.7 Å². The molecule has 0 bridgehead atoms. The third-order valence-corrected chi connectivity index (χ3v) is 4.07. The Bertz CT molecular complexity index is 477. The average Bonchev–Trinajstić information content (AvgIpc) is 2.87. The molecule has 1 aliphatic heterocycles. The number of anilines is 1. The zero-order valence-electron chi connectivity index (χ0n) is 10.5. The molecule has 2 aliphatic rings. The van der Waals surface area contributed by atoms with Gasteiger partial charge < -0.3 is 10.0 Å². The molecule has 1 saturated carbocycles. The molecule has 96 valence electrons. The van der Waals surface area contributed by atoms with Gasteiger partial charge in [-0.1, -0.05) is 6.42 Å². The van der Waals surface area contributed by atoms with Crippen LogP contribution in [0.25, 0.3) is 0 Å². The smallest absolute Gasteiger partial charge is 0.354 e. The number of aromatic carboxylic acids is 1. The lowest BCUT2D eigenvalue weighted by Gasteiger charge is -2.17. The fourth-order valence-corrected chi connectivity index (χ4v) is 3.20. The van der Waals surface area contributed by atoms with Gasteiger partial charge in [-0.2, -0.15) is 0 Å². The predicted octanol–water partition coefficient (Wildman–Crippen LogP) is 1.72. The maximum Gasteiger partial charge on any atom is 0.354 e. The van der Waals surface area contributed by atoms with Crippen molar-refractivity contribution < 1.29 is 9.90 Å². The summed E-state index contributed by atoms with van der Waals surface area (Å²) in [5, 5.41) is 9.03. The maximum absolute atomic E-state index is 11.0. The molecule has 0 spiro atoms. The molecule has 0 unspecified atom stereocenters. The fourth-order valence-electron chi connectivity index (χ4n) is 3.20. The van der Waals surface area contributed by atoms with Gasteiger partial charge in [-0.3, -0.25) is 0 Å². The zero-order chi connectivity index (χ0) is 12.7. The third-order valence-electron chi connectivity index (χ3n) is 4.07. The Hall–Kier alpha value is -1.65. The highest BCUT2D eigenvalue weighted by molar-refractivity contribution is 5.85. The summed E-state index contributed by atoms with van der Waals surface area (Å²) in [6.07, 6.45) is 3.91. The number of aryl methyl sites for hydroxylation is 1. The fraction of sp³-hybridized carbons (Fsp3) is 0.615. The molecule has 0 radical (unpaired) electrons. The van der Waals surface area contributed by atoms with Crippen LogP contribution in [0.4, 0.5) is 5.95 Å². The lowest BCUT2D eigenvalue weighted by atomic mass is 10.0. The normalized spacial score (nSPS) is 26.4. The summed E-state index contributed by atoms with van der Waals surface area (Å²) in [5.74, 6) is 1.10. The van der Waals surface area contributed by atoms with Gasteiger partial charge in [0, 0.05) is 18.8 Å². The summed E-state index contributed by atoms with van der Waals surface area (Å²) in [4.78, 5) is 21.7. The van der Waals surface area contributed by atoms with Crippen LogP contribution in [0.1, 0.15) is 35.4 Å². The largest absolute Gasteiger partial charge is 0.477 e. The molecule has 1 aromatic rings. The van der Waals surface area contributed by atoms with Gasteiger partial charge in [0.15, 0.2) is 5.69 Å². The first-order chi connectivity index (χ1) is 8.63. The molecule has 2 atom stereocenters. The first-order valence-corrected chi connectivity index (χ1v) is 6.47.